The summed E-state index contributed by atoms with van der Waals surface area (Å²) in [7, 11) is 0. The summed E-state index contributed by atoms with van der Waals surface area (Å²) in [6, 6.07) is 5.01. The molecule has 0 aliphatic carbocycles. The Morgan fingerprint density at radius 2 is 2.10 bits per heavy atom. The van der Waals surface area contributed by atoms with Crippen molar-refractivity contribution in [2.24, 2.45) is 0 Å². The van der Waals surface area contributed by atoms with Crippen molar-refractivity contribution in [1.82, 2.24) is 10.3 Å². The quantitative estimate of drug-likeness (QED) is 0.906. The summed E-state index contributed by atoms with van der Waals surface area (Å²) in [6.07, 6.45) is 0. The predicted molar refractivity (Wildman–Crippen MR) is 81.2 cm³/mol. The number of aryl methyl sites for hydroxylation is 2. The van der Waals surface area contributed by atoms with E-state index in [0.717, 1.165) is 16.9 Å². The first-order valence-electron chi connectivity index (χ1n) is 6.12. The molecule has 1 aromatic heterocycles. The highest BCUT2D eigenvalue weighted by molar-refractivity contribution is 7.13. The van der Waals surface area contributed by atoms with E-state index in [0.29, 0.717) is 21.3 Å². The molecule has 21 heavy (non-hydrogen) atoms. The van der Waals surface area contributed by atoms with E-state index in [1.165, 1.54) is 0 Å². The van der Waals surface area contributed by atoms with Gasteiger partial charge in [-0.2, -0.15) is 0 Å². The van der Waals surface area contributed by atoms with Crippen LogP contribution in [0.5, 0.6) is 0 Å². The minimum Gasteiger partial charge on any atom is -0.477 e. The lowest BCUT2D eigenvalue weighted by molar-refractivity contribution is 0.0701. The Kier molecular flexibility index (Phi) is 4.59. The van der Waals surface area contributed by atoms with Crippen LogP contribution >= 0.6 is 22.9 Å². The average molecular weight is 325 g/mol. The van der Waals surface area contributed by atoms with Gasteiger partial charge in [0.25, 0.3) is 5.91 Å². The van der Waals surface area contributed by atoms with Crippen LogP contribution in [-0.2, 0) is 6.54 Å². The standard InChI is InChI=1S/C14H13ClN2O3S/c1-7-5-9(3-4-10(7)15)13(18)16-6-11-17-8(2)12(21-11)14(19)20/h3-5H,6H2,1-2H3,(H,16,18)(H,19,20). The van der Waals surface area contributed by atoms with Gasteiger partial charge in [0, 0.05) is 10.6 Å². The van der Waals surface area contributed by atoms with E-state index in [1.54, 1.807) is 25.1 Å². The zero-order valence-corrected chi connectivity index (χ0v) is 13.0. The maximum Gasteiger partial charge on any atom is 0.347 e. The Bertz CT molecular complexity index is 712. The Hall–Kier alpha value is -1.92. The number of rotatable bonds is 4. The van der Waals surface area contributed by atoms with E-state index < -0.39 is 5.97 Å². The second-order valence-electron chi connectivity index (χ2n) is 4.47. The third-order valence-electron chi connectivity index (χ3n) is 2.86. The molecule has 0 saturated heterocycles. The van der Waals surface area contributed by atoms with Crippen molar-refractivity contribution in [2.45, 2.75) is 20.4 Å². The van der Waals surface area contributed by atoms with Crippen LogP contribution in [0, 0.1) is 13.8 Å². The van der Waals surface area contributed by atoms with Crippen LogP contribution in [0.25, 0.3) is 0 Å². The third kappa shape index (κ3) is 3.59. The highest BCUT2D eigenvalue weighted by atomic mass is 35.5. The van der Waals surface area contributed by atoms with Crippen molar-refractivity contribution in [1.29, 1.82) is 0 Å². The van der Waals surface area contributed by atoms with Gasteiger partial charge in [-0.05, 0) is 37.6 Å². The zero-order chi connectivity index (χ0) is 15.6. The smallest absolute Gasteiger partial charge is 0.347 e. The summed E-state index contributed by atoms with van der Waals surface area (Å²) < 4.78 is 0. The van der Waals surface area contributed by atoms with Crippen molar-refractivity contribution in [2.75, 3.05) is 0 Å². The van der Waals surface area contributed by atoms with Crippen LogP contribution in [-0.4, -0.2) is 22.0 Å². The molecule has 0 radical (unpaired) electrons. The summed E-state index contributed by atoms with van der Waals surface area (Å²) in [4.78, 5) is 27.3. The number of nitrogens with one attached hydrogen (secondary N) is 1. The number of halogens is 1. The third-order valence-corrected chi connectivity index (χ3v) is 4.42. The van der Waals surface area contributed by atoms with Gasteiger partial charge in [-0.1, -0.05) is 11.6 Å². The second kappa shape index (κ2) is 6.24. The molecule has 2 aromatic rings. The van der Waals surface area contributed by atoms with Gasteiger partial charge in [-0.25, -0.2) is 9.78 Å². The minimum atomic E-state index is -1.00. The Morgan fingerprint density at radius 1 is 1.38 bits per heavy atom. The molecule has 0 spiro atoms. The topological polar surface area (TPSA) is 79.3 Å². The number of hydrogen-bond acceptors (Lipinski definition) is 4. The van der Waals surface area contributed by atoms with Crippen molar-refractivity contribution >= 4 is 34.8 Å². The first-order valence-corrected chi connectivity index (χ1v) is 7.32. The number of nitrogens with zero attached hydrogens (tertiary/aromatic N) is 1. The predicted octanol–water partition coefficient (Wildman–Crippen LogP) is 3.04. The number of hydrogen-bond donors (Lipinski definition) is 2. The molecular formula is C14H13ClN2O3S. The molecule has 0 aliphatic rings. The monoisotopic (exact) mass is 324 g/mol. The molecule has 1 amide bonds. The lowest BCUT2D eigenvalue weighted by Gasteiger charge is -2.05. The normalized spacial score (nSPS) is 10.4. The van der Waals surface area contributed by atoms with Gasteiger partial charge in [0.1, 0.15) is 9.88 Å². The van der Waals surface area contributed by atoms with Gasteiger partial charge in [0.05, 0.1) is 12.2 Å². The molecule has 110 valence electrons. The number of aromatic carboxylic acids is 1. The van der Waals surface area contributed by atoms with Crippen molar-refractivity contribution in [3.05, 3.63) is 49.9 Å². The number of carboxylic acid groups (broad SMARTS) is 1. The summed E-state index contributed by atoms with van der Waals surface area (Å²) in [6.45, 7) is 3.65. The maximum atomic E-state index is 12.0. The fourth-order valence-corrected chi connectivity index (χ4v) is 2.73. The van der Waals surface area contributed by atoms with Crippen LogP contribution < -0.4 is 5.32 Å². The zero-order valence-electron chi connectivity index (χ0n) is 11.4. The first-order chi connectivity index (χ1) is 9.88. The molecular weight excluding hydrogens is 312 g/mol. The lowest BCUT2D eigenvalue weighted by Crippen LogP contribution is -2.22. The SMILES string of the molecule is Cc1cc(C(=O)NCc2nc(C)c(C(=O)O)s2)ccc1Cl. The number of carbonyl (C=O) groups is 2. The molecule has 1 aromatic carbocycles. The van der Waals surface area contributed by atoms with Gasteiger partial charge in [0.2, 0.25) is 0 Å². The van der Waals surface area contributed by atoms with Crippen LogP contribution in [0.4, 0.5) is 0 Å². The number of benzene rings is 1. The molecule has 0 unspecified atom stereocenters. The number of carboxylic acids is 1. The van der Waals surface area contributed by atoms with E-state index >= 15 is 0 Å². The van der Waals surface area contributed by atoms with Gasteiger partial charge >= 0.3 is 5.97 Å². The summed E-state index contributed by atoms with van der Waals surface area (Å²) in [5.41, 5.74) is 1.78. The fourth-order valence-electron chi connectivity index (χ4n) is 1.77. The molecule has 2 rings (SSSR count). The lowest BCUT2D eigenvalue weighted by atomic mass is 10.1. The van der Waals surface area contributed by atoms with E-state index in [1.807, 2.05) is 6.92 Å². The molecule has 1 heterocycles. The highest BCUT2D eigenvalue weighted by Gasteiger charge is 2.14. The molecule has 0 saturated carbocycles. The van der Waals surface area contributed by atoms with E-state index in [2.05, 4.69) is 10.3 Å². The van der Waals surface area contributed by atoms with Crippen LogP contribution in [0.2, 0.25) is 5.02 Å². The molecule has 7 heteroatoms. The van der Waals surface area contributed by atoms with Crippen molar-refractivity contribution in [3.8, 4) is 0 Å². The molecule has 0 aliphatic heterocycles. The fraction of sp³-hybridized carbons (Fsp3) is 0.214. The number of thiazole rings is 1. The number of carbonyl (C=O) groups excluding carboxylic acids is 1. The molecule has 0 fully saturated rings. The summed E-state index contributed by atoms with van der Waals surface area (Å²) in [5.74, 6) is -1.25. The number of amides is 1. The average Bonchev–Trinajstić information content (AvgIpc) is 2.80. The molecule has 2 N–H and O–H groups in total. The highest BCUT2D eigenvalue weighted by Crippen LogP contribution is 2.19. The van der Waals surface area contributed by atoms with Crippen LogP contribution in [0.1, 0.15) is 36.3 Å². The molecule has 0 atom stereocenters. The van der Waals surface area contributed by atoms with Crippen molar-refractivity contribution in [3.63, 3.8) is 0 Å². The first kappa shape index (κ1) is 15.5. The largest absolute Gasteiger partial charge is 0.477 e. The molecule has 5 nitrogen and oxygen atoms in total. The van der Waals surface area contributed by atoms with Crippen LogP contribution in [0.3, 0.4) is 0 Å². The summed E-state index contributed by atoms with van der Waals surface area (Å²) in [5, 5.41) is 12.8. The Morgan fingerprint density at radius 3 is 2.67 bits per heavy atom. The van der Waals surface area contributed by atoms with E-state index in [-0.39, 0.29) is 17.3 Å². The summed E-state index contributed by atoms with van der Waals surface area (Å²) >= 11 is 6.98. The van der Waals surface area contributed by atoms with E-state index in [9.17, 15) is 9.59 Å². The minimum absolute atomic E-state index is 0.194. The van der Waals surface area contributed by atoms with Crippen molar-refractivity contribution < 1.29 is 14.7 Å². The maximum absolute atomic E-state index is 12.0. The van der Waals surface area contributed by atoms with E-state index in [4.69, 9.17) is 16.7 Å². The van der Waals surface area contributed by atoms with Crippen LogP contribution in [0.15, 0.2) is 18.2 Å². The number of aromatic nitrogens is 1. The molecule has 0 bridgehead atoms. The van der Waals surface area contributed by atoms with Gasteiger partial charge in [-0.3, -0.25) is 4.79 Å². The van der Waals surface area contributed by atoms with Gasteiger partial charge < -0.3 is 10.4 Å². The Balaban J connectivity index is 2.05. The second-order valence-corrected chi connectivity index (χ2v) is 5.96. The van der Waals surface area contributed by atoms with Gasteiger partial charge in [0.15, 0.2) is 0 Å². The van der Waals surface area contributed by atoms with Gasteiger partial charge in [-0.15, -0.1) is 11.3 Å². The Labute approximate surface area is 130 Å².